The standard InChI is InChI=1S/C17H19N5O4S/c1-11(23)19-12-3-2-4-13(9-12)20-16(24)15-5-7-18-17(22-15)21-14-6-8-27(25,26)10-14/h2-5,7,9,14H,6,8,10H2,1H3,(H,19,23)(H,20,24)(H,18,21,22). The van der Waals surface area contributed by atoms with Crippen LogP contribution >= 0.6 is 0 Å². The Bertz CT molecular complexity index is 977. The average Bonchev–Trinajstić information content (AvgIpc) is 2.93. The molecule has 1 saturated heterocycles. The largest absolute Gasteiger partial charge is 0.350 e. The lowest BCUT2D eigenvalue weighted by Gasteiger charge is -2.11. The molecule has 1 aromatic carbocycles. The van der Waals surface area contributed by atoms with E-state index in [1.54, 1.807) is 24.3 Å². The molecule has 1 unspecified atom stereocenters. The fraction of sp³-hybridized carbons (Fsp3) is 0.294. The maximum absolute atomic E-state index is 12.4. The van der Waals surface area contributed by atoms with Gasteiger partial charge in [0.15, 0.2) is 9.84 Å². The van der Waals surface area contributed by atoms with Crippen LogP contribution in [0.15, 0.2) is 36.5 Å². The molecule has 3 N–H and O–H groups in total. The quantitative estimate of drug-likeness (QED) is 0.702. The van der Waals surface area contributed by atoms with E-state index in [0.29, 0.717) is 17.8 Å². The molecule has 27 heavy (non-hydrogen) atoms. The minimum absolute atomic E-state index is 0.0305. The zero-order chi connectivity index (χ0) is 19.4. The second-order valence-electron chi connectivity index (χ2n) is 6.23. The first kappa shape index (κ1) is 18.8. The highest BCUT2D eigenvalue weighted by molar-refractivity contribution is 7.91. The van der Waals surface area contributed by atoms with Crippen molar-refractivity contribution in [2.45, 2.75) is 19.4 Å². The molecule has 9 nitrogen and oxygen atoms in total. The van der Waals surface area contributed by atoms with E-state index in [-0.39, 0.29) is 35.1 Å². The van der Waals surface area contributed by atoms with Crippen molar-refractivity contribution in [1.82, 2.24) is 9.97 Å². The van der Waals surface area contributed by atoms with Gasteiger partial charge in [-0.05, 0) is 30.7 Å². The van der Waals surface area contributed by atoms with Gasteiger partial charge in [-0.25, -0.2) is 18.4 Å². The van der Waals surface area contributed by atoms with Crippen LogP contribution < -0.4 is 16.0 Å². The van der Waals surface area contributed by atoms with Gasteiger partial charge >= 0.3 is 0 Å². The molecule has 1 aromatic heterocycles. The van der Waals surface area contributed by atoms with Crippen LogP contribution in [-0.2, 0) is 14.6 Å². The summed E-state index contributed by atoms with van der Waals surface area (Å²) in [5, 5.41) is 8.30. The van der Waals surface area contributed by atoms with Crippen LogP contribution in [0.1, 0.15) is 23.8 Å². The van der Waals surface area contributed by atoms with E-state index in [2.05, 4.69) is 25.9 Å². The number of anilines is 3. The van der Waals surface area contributed by atoms with E-state index in [1.807, 2.05) is 0 Å². The molecule has 1 fully saturated rings. The lowest BCUT2D eigenvalue weighted by molar-refractivity contribution is -0.114. The lowest BCUT2D eigenvalue weighted by Crippen LogP contribution is -2.23. The minimum atomic E-state index is -3.02. The Labute approximate surface area is 156 Å². The molecule has 1 aliphatic rings. The van der Waals surface area contributed by atoms with Crippen molar-refractivity contribution in [2.75, 3.05) is 27.5 Å². The van der Waals surface area contributed by atoms with Crippen molar-refractivity contribution in [3.63, 3.8) is 0 Å². The Morgan fingerprint density at radius 2 is 1.89 bits per heavy atom. The van der Waals surface area contributed by atoms with Crippen molar-refractivity contribution >= 4 is 39.0 Å². The maximum atomic E-state index is 12.4. The molecule has 142 valence electrons. The van der Waals surface area contributed by atoms with Crippen molar-refractivity contribution in [3.05, 3.63) is 42.2 Å². The van der Waals surface area contributed by atoms with Gasteiger partial charge in [0, 0.05) is 30.5 Å². The predicted octanol–water partition coefficient (Wildman–Crippen LogP) is 1.29. The predicted molar refractivity (Wildman–Crippen MR) is 101 cm³/mol. The van der Waals surface area contributed by atoms with Crippen molar-refractivity contribution < 1.29 is 18.0 Å². The fourth-order valence-electron chi connectivity index (χ4n) is 2.72. The molecule has 0 saturated carbocycles. The van der Waals surface area contributed by atoms with Gasteiger partial charge in [-0.15, -0.1) is 0 Å². The van der Waals surface area contributed by atoms with Gasteiger partial charge in [0.1, 0.15) is 5.69 Å². The Kier molecular flexibility index (Phi) is 5.36. The van der Waals surface area contributed by atoms with Crippen LogP contribution in [0.3, 0.4) is 0 Å². The van der Waals surface area contributed by atoms with Gasteiger partial charge in [-0.2, -0.15) is 0 Å². The second-order valence-corrected chi connectivity index (χ2v) is 8.45. The van der Waals surface area contributed by atoms with Gasteiger partial charge in [0.05, 0.1) is 11.5 Å². The van der Waals surface area contributed by atoms with Gasteiger partial charge in [-0.3, -0.25) is 9.59 Å². The Balaban J connectivity index is 1.68. The number of carbonyl (C=O) groups excluding carboxylic acids is 2. The summed E-state index contributed by atoms with van der Waals surface area (Å²) in [4.78, 5) is 31.7. The number of aromatic nitrogens is 2. The van der Waals surface area contributed by atoms with E-state index in [0.717, 1.165) is 0 Å². The number of hydrogen-bond acceptors (Lipinski definition) is 7. The summed E-state index contributed by atoms with van der Waals surface area (Å²) in [6.07, 6.45) is 1.92. The summed E-state index contributed by atoms with van der Waals surface area (Å²) >= 11 is 0. The molecule has 0 bridgehead atoms. The number of carbonyl (C=O) groups is 2. The SMILES string of the molecule is CC(=O)Nc1cccc(NC(=O)c2ccnc(NC3CCS(=O)(=O)C3)n2)c1. The number of benzene rings is 1. The summed E-state index contributed by atoms with van der Waals surface area (Å²) in [5.74, 6) is -0.284. The van der Waals surface area contributed by atoms with E-state index in [1.165, 1.54) is 19.2 Å². The van der Waals surface area contributed by atoms with Gasteiger partial charge in [0.2, 0.25) is 11.9 Å². The van der Waals surface area contributed by atoms with E-state index < -0.39 is 15.7 Å². The number of nitrogens with zero attached hydrogens (tertiary/aromatic N) is 2. The first-order chi connectivity index (χ1) is 12.8. The summed E-state index contributed by atoms with van der Waals surface area (Å²) in [6.45, 7) is 1.40. The van der Waals surface area contributed by atoms with Gasteiger partial charge < -0.3 is 16.0 Å². The fourth-order valence-corrected chi connectivity index (χ4v) is 4.39. The van der Waals surface area contributed by atoms with Crippen LogP contribution in [0.4, 0.5) is 17.3 Å². The summed E-state index contributed by atoms with van der Waals surface area (Å²) in [5.41, 5.74) is 1.20. The van der Waals surface area contributed by atoms with Crippen LogP contribution in [-0.4, -0.2) is 47.7 Å². The Morgan fingerprint density at radius 3 is 2.56 bits per heavy atom. The molecule has 1 aliphatic heterocycles. The second kappa shape index (κ2) is 7.70. The summed E-state index contributed by atoms with van der Waals surface area (Å²) < 4.78 is 23.1. The third kappa shape index (κ3) is 5.23. The van der Waals surface area contributed by atoms with Gasteiger partial charge in [-0.1, -0.05) is 6.07 Å². The molecule has 0 radical (unpaired) electrons. The molecule has 0 aliphatic carbocycles. The smallest absolute Gasteiger partial charge is 0.274 e. The van der Waals surface area contributed by atoms with E-state index >= 15 is 0 Å². The number of rotatable bonds is 5. The zero-order valence-corrected chi connectivity index (χ0v) is 15.4. The number of amides is 2. The molecular formula is C17H19N5O4S. The van der Waals surface area contributed by atoms with Crippen molar-refractivity contribution in [1.29, 1.82) is 0 Å². The van der Waals surface area contributed by atoms with Crippen molar-refractivity contribution in [2.24, 2.45) is 0 Å². The average molecular weight is 389 g/mol. The topological polar surface area (TPSA) is 130 Å². The maximum Gasteiger partial charge on any atom is 0.274 e. The number of sulfone groups is 1. The zero-order valence-electron chi connectivity index (χ0n) is 14.6. The molecule has 0 spiro atoms. The highest BCUT2D eigenvalue weighted by atomic mass is 32.2. The first-order valence-electron chi connectivity index (χ1n) is 8.30. The minimum Gasteiger partial charge on any atom is -0.350 e. The molecule has 10 heteroatoms. The normalized spacial score (nSPS) is 17.9. The Hall–Kier alpha value is -3.01. The van der Waals surface area contributed by atoms with Gasteiger partial charge in [0.25, 0.3) is 5.91 Å². The van der Waals surface area contributed by atoms with Crippen LogP contribution in [0.5, 0.6) is 0 Å². The lowest BCUT2D eigenvalue weighted by atomic mass is 10.2. The van der Waals surface area contributed by atoms with Crippen LogP contribution in [0.2, 0.25) is 0 Å². The third-order valence-corrected chi connectivity index (χ3v) is 5.66. The Morgan fingerprint density at radius 1 is 1.15 bits per heavy atom. The summed E-state index contributed by atoms with van der Waals surface area (Å²) in [6, 6.07) is 7.93. The monoisotopic (exact) mass is 389 g/mol. The van der Waals surface area contributed by atoms with E-state index in [9.17, 15) is 18.0 Å². The molecule has 2 heterocycles. The molecule has 2 amide bonds. The highest BCUT2D eigenvalue weighted by Crippen LogP contribution is 2.17. The van der Waals surface area contributed by atoms with Crippen LogP contribution in [0, 0.1) is 0 Å². The van der Waals surface area contributed by atoms with Crippen LogP contribution in [0.25, 0.3) is 0 Å². The molecule has 2 aromatic rings. The highest BCUT2D eigenvalue weighted by Gasteiger charge is 2.28. The first-order valence-corrected chi connectivity index (χ1v) is 10.1. The summed E-state index contributed by atoms with van der Waals surface area (Å²) in [7, 11) is -3.02. The molecular weight excluding hydrogens is 370 g/mol. The van der Waals surface area contributed by atoms with Crippen molar-refractivity contribution in [3.8, 4) is 0 Å². The number of nitrogens with one attached hydrogen (secondary N) is 3. The molecule has 1 atom stereocenters. The third-order valence-electron chi connectivity index (χ3n) is 3.89. The molecule has 3 rings (SSSR count). The number of hydrogen-bond donors (Lipinski definition) is 3. The van der Waals surface area contributed by atoms with E-state index in [4.69, 9.17) is 0 Å².